The van der Waals surface area contributed by atoms with Crippen molar-refractivity contribution in [3.8, 4) is 0 Å². The molecular formula is C6H11N5O. The Hall–Kier alpha value is -1.43. The molecule has 12 heavy (non-hydrogen) atoms. The third kappa shape index (κ3) is 2.03. The first-order chi connectivity index (χ1) is 5.74. The normalized spacial score (nSPS) is 9.83. The fraction of sp³-hybridized carbons (Fsp3) is 0.500. The fourth-order valence-electron chi connectivity index (χ4n) is 0.739. The van der Waals surface area contributed by atoms with Crippen LogP contribution in [0.5, 0.6) is 0 Å². The number of hydrogen-bond donors (Lipinski definition) is 2. The van der Waals surface area contributed by atoms with Crippen LogP contribution in [0.2, 0.25) is 0 Å². The van der Waals surface area contributed by atoms with Crippen molar-refractivity contribution >= 4 is 11.9 Å². The predicted molar refractivity (Wildman–Crippen MR) is 43.6 cm³/mol. The van der Waals surface area contributed by atoms with Gasteiger partial charge < -0.3 is 5.32 Å². The summed E-state index contributed by atoms with van der Waals surface area (Å²) in [6, 6.07) is 0. The Kier molecular flexibility index (Phi) is 2.76. The van der Waals surface area contributed by atoms with E-state index in [0.29, 0.717) is 5.95 Å². The minimum absolute atomic E-state index is 0.131. The van der Waals surface area contributed by atoms with Crippen LogP contribution in [0.3, 0.4) is 0 Å². The molecule has 1 amide bonds. The summed E-state index contributed by atoms with van der Waals surface area (Å²) in [6.45, 7) is 0.271. The molecule has 0 aliphatic carbocycles. The van der Waals surface area contributed by atoms with E-state index < -0.39 is 0 Å². The number of anilines is 1. The highest BCUT2D eigenvalue weighted by atomic mass is 16.2. The van der Waals surface area contributed by atoms with Gasteiger partial charge in [-0.25, -0.2) is 4.68 Å². The van der Waals surface area contributed by atoms with Gasteiger partial charge in [-0.3, -0.25) is 10.1 Å². The summed E-state index contributed by atoms with van der Waals surface area (Å²) in [5.74, 6) is 0.323. The zero-order chi connectivity index (χ0) is 8.97. The molecule has 0 spiro atoms. The van der Waals surface area contributed by atoms with E-state index >= 15 is 0 Å². The van der Waals surface area contributed by atoms with Crippen LogP contribution >= 0.6 is 0 Å². The zero-order valence-corrected chi connectivity index (χ0v) is 7.03. The molecule has 1 aromatic rings. The first kappa shape index (κ1) is 8.66. The van der Waals surface area contributed by atoms with E-state index in [1.807, 2.05) is 0 Å². The number of amides is 1. The van der Waals surface area contributed by atoms with Gasteiger partial charge in [-0.2, -0.15) is 10.1 Å². The number of carbonyl (C=O) groups excluding carboxylic acids is 1. The monoisotopic (exact) mass is 169 g/mol. The molecule has 6 nitrogen and oxygen atoms in total. The molecule has 0 aliphatic heterocycles. The van der Waals surface area contributed by atoms with Crippen molar-refractivity contribution in [2.75, 3.05) is 18.9 Å². The highest BCUT2D eigenvalue weighted by Crippen LogP contribution is 1.95. The van der Waals surface area contributed by atoms with Gasteiger partial charge in [-0.1, -0.05) is 0 Å². The van der Waals surface area contributed by atoms with Crippen molar-refractivity contribution in [2.45, 2.75) is 0 Å². The number of nitrogens with zero attached hydrogens (tertiary/aromatic N) is 3. The molecule has 66 valence electrons. The third-order valence-corrected chi connectivity index (χ3v) is 1.30. The first-order valence-corrected chi connectivity index (χ1v) is 3.52. The number of aryl methyl sites for hydroxylation is 1. The largest absolute Gasteiger partial charge is 0.311 e. The van der Waals surface area contributed by atoms with E-state index in [-0.39, 0.29) is 12.5 Å². The molecule has 0 bridgehead atoms. The topological polar surface area (TPSA) is 71.8 Å². The average Bonchev–Trinajstić information content (AvgIpc) is 2.37. The number of rotatable bonds is 3. The maximum absolute atomic E-state index is 11.0. The van der Waals surface area contributed by atoms with Crippen molar-refractivity contribution in [2.24, 2.45) is 7.05 Å². The zero-order valence-electron chi connectivity index (χ0n) is 7.03. The van der Waals surface area contributed by atoms with Gasteiger partial charge in [0.1, 0.15) is 6.33 Å². The molecule has 0 aliphatic rings. The lowest BCUT2D eigenvalue weighted by Crippen LogP contribution is -2.26. The Morgan fingerprint density at radius 2 is 2.50 bits per heavy atom. The van der Waals surface area contributed by atoms with Crippen molar-refractivity contribution in [3.05, 3.63) is 6.33 Å². The Morgan fingerprint density at radius 1 is 1.75 bits per heavy atom. The average molecular weight is 169 g/mol. The number of nitrogens with one attached hydrogen (secondary N) is 2. The van der Waals surface area contributed by atoms with Gasteiger partial charge in [-0.05, 0) is 7.05 Å². The van der Waals surface area contributed by atoms with Gasteiger partial charge in [0, 0.05) is 7.05 Å². The molecule has 2 N–H and O–H groups in total. The maximum Gasteiger partial charge on any atom is 0.240 e. The second-order valence-electron chi connectivity index (χ2n) is 2.29. The molecule has 0 saturated carbocycles. The number of likely N-dealkylation sites (N-methyl/N-ethyl adjacent to an activating group) is 1. The number of aromatic nitrogens is 3. The van der Waals surface area contributed by atoms with Crippen LogP contribution < -0.4 is 10.6 Å². The summed E-state index contributed by atoms with van der Waals surface area (Å²) in [5, 5.41) is 9.11. The summed E-state index contributed by atoms with van der Waals surface area (Å²) < 4.78 is 1.49. The Labute approximate surface area is 70.0 Å². The summed E-state index contributed by atoms with van der Waals surface area (Å²) in [6.07, 6.45) is 1.38. The first-order valence-electron chi connectivity index (χ1n) is 3.52. The van der Waals surface area contributed by atoms with E-state index in [2.05, 4.69) is 20.7 Å². The molecule has 0 aromatic carbocycles. The van der Waals surface area contributed by atoms with Gasteiger partial charge in [0.2, 0.25) is 11.9 Å². The van der Waals surface area contributed by atoms with Crippen LogP contribution in [0, 0.1) is 0 Å². The van der Waals surface area contributed by atoms with Crippen LogP contribution in [0.1, 0.15) is 0 Å². The molecule has 0 fully saturated rings. The lowest BCUT2D eigenvalue weighted by atomic mass is 10.6. The van der Waals surface area contributed by atoms with E-state index in [9.17, 15) is 4.79 Å². The number of carbonyl (C=O) groups is 1. The molecule has 1 heterocycles. The lowest BCUT2D eigenvalue weighted by molar-refractivity contribution is -0.115. The van der Waals surface area contributed by atoms with Crippen LogP contribution in [-0.2, 0) is 11.8 Å². The summed E-state index contributed by atoms with van der Waals surface area (Å²) >= 11 is 0. The Bertz CT molecular complexity index is 269. The Morgan fingerprint density at radius 3 is 3.00 bits per heavy atom. The van der Waals surface area contributed by atoms with Gasteiger partial charge >= 0.3 is 0 Å². The van der Waals surface area contributed by atoms with Crippen molar-refractivity contribution < 1.29 is 4.79 Å². The van der Waals surface area contributed by atoms with Crippen molar-refractivity contribution in [1.82, 2.24) is 20.1 Å². The molecule has 0 unspecified atom stereocenters. The maximum atomic E-state index is 11.0. The molecule has 6 heteroatoms. The van der Waals surface area contributed by atoms with Crippen LogP contribution in [0.4, 0.5) is 5.95 Å². The molecule has 0 radical (unpaired) electrons. The van der Waals surface area contributed by atoms with Gasteiger partial charge in [0.05, 0.1) is 6.54 Å². The highest BCUT2D eigenvalue weighted by molar-refractivity contribution is 5.90. The number of hydrogen-bond acceptors (Lipinski definition) is 4. The summed E-state index contributed by atoms with van der Waals surface area (Å²) in [7, 11) is 3.41. The van der Waals surface area contributed by atoms with E-state index in [0.717, 1.165) is 0 Å². The minimum Gasteiger partial charge on any atom is -0.311 e. The fourth-order valence-corrected chi connectivity index (χ4v) is 0.739. The van der Waals surface area contributed by atoms with E-state index in [1.54, 1.807) is 14.1 Å². The summed E-state index contributed by atoms with van der Waals surface area (Å²) in [4.78, 5) is 14.8. The SMILES string of the molecule is CNCC(=O)Nc1ncnn1C. The second kappa shape index (κ2) is 3.82. The van der Waals surface area contributed by atoms with Crippen LogP contribution in [-0.4, -0.2) is 34.3 Å². The van der Waals surface area contributed by atoms with E-state index in [1.165, 1.54) is 11.0 Å². The molecule has 0 saturated heterocycles. The van der Waals surface area contributed by atoms with Gasteiger partial charge in [-0.15, -0.1) is 0 Å². The molecule has 1 rings (SSSR count). The van der Waals surface area contributed by atoms with Gasteiger partial charge in [0.15, 0.2) is 0 Å². The quantitative estimate of drug-likeness (QED) is 0.607. The smallest absolute Gasteiger partial charge is 0.240 e. The van der Waals surface area contributed by atoms with Crippen molar-refractivity contribution in [1.29, 1.82) is 0 Å². The van der Waals surface area contributed by atoms with E-state index in [4.69, 9.17) is 0 Å². The highest BCUT2D eigenvalue weighted by Gasteiger charge is 2.03. The second-order valence-corrected chi connectivity index (χ2v) is 2.29. The third-order valence-electron chi connectivity index (χ3n) is 1.30. The molecule has 1 aromatic heterocycles. The standard InChI is InChI=1S/C6H11N5O/c1-7-3-5(12)10-6-8-4-9-11(6)2/h4,7H,3H2,1-2H3,(H,8,9,10,12). The predicted octanol–water partition coefficient (Wildman–Crippen LogP) is -1.03. The van der Waals surface area contributed by atoms with Crippen LogP contribution in [0.15, 0.2) is 6.33 Å². The van der Waals surface area contributed by atoms with Crippen molar-refractivity contribution in [3.63, 3.8) is 0 Å². The minimum atomic E-state index is -0.131. The Balaban J connectivity index is 2.52. The molecule has 0 atom stereocenters. The van der Waals surface area contributed by atoms with Gasteiger partial charge in [0.25, 0.3) is 0 Å². The van der Waals surface area contributed by atoms with Crippen LogP contribution in [0.25, 0.3) is 0 Å². The lowest BCUT2D eigenvalue weighted by Gasteiger charge is -2.01. The molecular weight excluding hydrogens is 158 g/mol. The summed E-state index contributed by atoms with van der Waals surface area (Å²) in [5.41, 5.74) is 0.